The van der Waals surface area contributed by atoms with E-state index in [4.69, 9.17) is 0 Å². The molecule has 2 aromatic rings. The smallest absolute Gasteiger partial charge is 0.0923 e. The Labute approximate surface area is 107 Å². The van der Waals surface area contributed by atoms with Crippen molar-refractivity contribution in [3.8, 4) is 0 Å². The van der Waals surface area contributed by atoms with E-state index in [0.717, 1.165) is 25.2 Å². The molecule has 0 atom stereocenters. The lowest BCUT2D eigenvalue weighted by atomic mass is 10.1. The summed E-state index contributed by atoms with van der Waals surface area (Å²) in [4.78, 5) is 11.9. The Balaban J connectivity index is 1.87. The van der Waals surface area contributed by atoms with E-state index in [-0.39, 0.29) is 0 Å². The molecule has 0 radical (unpaired) electrons. The van der Waals surface area contributed by atoms with Gasteiger partial charge in [-0.05, 0) is 24.1 Å². The molecular weight excluding hydrogens is 224 g/mol. The third kappa shape index (κ3) is 1.94. The van der Waals surface area contributed by atoms with Crippen LogP contribution in [0.2, 0.25) is 0 Å². The number of aromatic nitrogens is 2. The van der Waals surface area contributed by atoms with Crippen molar-refractivity contribution in [3.05, 3.63) is 42.0 Å². The van der Waals surface area contributed by atoms with E-state index in [1.54, 1.807) is 6.33 Å². The number of imidazole rings is 1. The fourth-order valence-electron chi connectivity index (χ4n) is 2.45. The van der Waals surface area contributed by atoms with Crippen molar-refractivity contribution >= 4 is 11.4 Å². The summed E-state index contributed by atoms with van der Waals surface area (Å²) in [5.41, 5.74) is 5.14. The molecule has 0 saturated heterocycles. The van der Waals surface area contributed by atoms with E-state index in [1.165, 1.54) is 16.9 Å². The van der Waals surface area contributed by atoms with Crippen LogP contribution in [0.5, 0.6) is 0 Å². The molecule has 0 spiro atoms. The Morgan fingerprint density at radius 1 is 1.39 bits per heavy atom. The van der Waals surface area contributed by atoms with Crippen LogP contribution >= 0.6 is 0 Å². The Morgan fingerprint density at radius 2 is 2.28 bits per heavy atom. The van der Waals surface area contributed by atoms with Gasteiger partial charge in [-0.2, -0.15) is 0 Å². The van der Waals surface area contributed by atoms with Crippen molar-refractivity contribution in [2.75, 3.05) is 30.4 Å². The first-order valence-electron chi connectivity index (χ1n) is 6.27. The molecule has 1 aliphatic rings. The van der Waals surface area contributed by atoms with Crippen LogP contribution in [0.15, 0.2) is 30.7 Å². The standard InChI is InChI=1S/C14H18N4/c1-17(2)13-4-3-11-5-6-18(14(11)7-13)9-12-8-15-10-16-12/h3-4,7-8,10H,5-6,9H2,1-2H3,(H,15,16). The third-order valence-electron chi connectivity index (χ3n) is 3.48. The lowest BCUT2D eigenvalue weighted by Gasteiger charge is -2.20. The van der Waals surface area contributed by atoms with Gasteiger partial charge >= 0.3 is 0 Å². The minimum absolute atomic E-state index is 0.882. The zero-order valence-electron chi connectivity index (χ0n) is 10.8. The summed E-state index contributed by atoms with van der Waals surface area (Å²) in [6, 6.07) is 6.71. The fraction of sp³-hybridized carbons (Fsp3) is 0.357. The monoisotopic (exact) mass is 242 g/mol. The molecule has 1 aromatic carbocycles. The topological polar surface area (TPSA) is 35.2 Å². The van der Waals surface area contributed by atoms with Crippen LogP contribution in [0.4, 0.5) is 11.4 Å². The summed E-state index contributed by atoms with van der Waals surface area (Å²) in [6.07, 6.45) is 4.84. The van der Waals surface area contributed by atoms with Crippen LogP contribution in [0.3, 0.4) is 0 Å². The highest BCUT2D eigenvalue weighted by Crippen LogP contribution is 2.32. The number of rotatable bonds is 3. The van der Waals surface area contributed by atoms with Gasteiger partial charge in [-0.1, -0.05) is 6.07 Å². The quantitative estimate of drug-likeness (QED) is 0.894. The first-order valence-corrected chi connectivity index (χ1v) is 6.27. The molecule has 94 valence electrons. The van der Waals surface area contributed by atoms with Crippen molar-refractivity contribution in [2.24, 2.45) is 0 Å². The van der Waals surface area contributed by atoms with E-state index in [9.17, 15) is 0 Å². The number of nitrogens with one attached hydrogen (secondary N) is 1. The SMILES string of the molecule is CN(C)c1ccc2c(c1)N(Cc1c[nH]cn1)CC2. The molecule has 0 unspecified atom stereocenters. The summed E-state index contributed by atoms with van der Waals surface area (Å²) in [6.45, 7) is 1.96. The number of aromatic amines is 1. The number of hydrogen-bond donors (Lipinski definition) is 1. The Kier molecular flexibility index (Phi) is 2.70. The number of anilines is 2. The van der Waals surface area contributed by atoms with Gasteiger partial charge in [-0.3, -0.25) is 0 Å². The molecule has 0 bridgehead atoms. The van der Waals surface area contributed by atoms with Crippen LogP contribution in [0.1, 0.15) is 11.3 Å². The van der Waals surface area contributed by atoms with Crippen molar-refractivity contribution < 1.29 is 0 Å². The lowest BCUT2D eigenvalue weighted by molar-refractivity contribution is 0.819. The van der Waals surface area contributed by atoms with Crippen LogP contribution in [-0.4, -0.2) is 30.6 Å². The fourth-order valence-corrected chi connectivity index (χ4v) is 2.45. The molecule has 0 saturated carbocycles. The predicted octanol–water partition coefficient (Wildman–Crippen LogP) is 2.04. The van der Waals surface area contributed by atoms with Gasteiger partial charge in [0.05, 0.1) is 18.6 Å². The second-order valence-corrected chi connectivity index (χ2v) is 4.94. The molecule has 0 fully saturated rings. The van der Waals surface area contributed by atoms with Crippen LogP contribution in [0.25, 0.3) is 0 Å². The highest BCUT2D eigenvalue weighted by Gasteiger charge is 2.20. The van der Waals surface area contributed by atoms with Crippen LogP contribution in [0, 0.1) is 0 Å². The van der Waals surface area contributed by atoms with Gasteiger partial charge in [0.15, 0.2) is 0 Å². The minimum Gasteiger partial charge on any atom is -0.378 e. The van der Waals surface area contributed by atoms with Gasteiger partial charge in [0, 0.05) is 38.2 Å². The minimum atomic E-state index is 0.882. The third-order valence-corrected chi connectivity index (χ3v) is 3.48. The van der Waals surface area contributed by atoms with Crippen molar-refractivity contribution in [2.45, 2.75) is 13.0 Å². The van der Waals surface area contributed by atoms with Crippen LogP contribution in [-0.2, 0) is 13.0 Å². The van der Waals surface area contributed by atoms with Crippen molar-refractivity contribution in [3.63, 3.8) is 0 Å². The summed E-state index contributed by atoms with van der Waals surface area (Å²) in [5.74, 6) is 0. The molecule has 1 aliphatic heterocycles. The Morgan fingerprint density at radius 3 is 3.00 bits per heavy atom. The average molecular weight is 242 g/mol. The van der Waals surface area contributed by atoms with Crippen molar-refractivity contribution in [1.82, 2.24) is 9.97 Å². The molecule has 18 heavy (non-hydrogen) atoms. The van der Waals surface area contributed by atoms with Crippen LogP contribution < -0.4 is 9.80 Å². The molecule has 2 heterocycles. The maximum Gasteiger partial charge on any atom is 0.0923 e. The number of H-pyrrole nitrogens is 1. The summed E-state index contributed by atoms with van der Waals surface area (Å²) < 4.78 is 0. The van der Waals surface area contributed by atoms with Gasteiger partial charge in [-0.25, -0.2) is 4.98 Å². The number of benzene rings is 1. The number of hydrogen-bond acceptors (Lipinski definition) is 3. The molecule has 3 rings (SSSR count). The summed E-state index contributed by atoms with van der Waals surface area (Å²) >= 11 is 0. The highest BCUT2D eigenvalue weighted by molar-refractivity contribution is 5.66. The van der Waals surface area contributed by atoms with Gasteiger partial charge < -0.3 is 14.8 Å². The van der Waals surface area contributed by atoms with E-state index in [2.05, 4.69) is 52.1 Å². The van der Waals surface area contributed by atoms with Gasteiger partial charge in [-0.15, -0.1) is 0 Å². The Hall–Kier alpha value is -1.97. The molecule has 0 aliphatic carbocycles. The van der Waals surface area contributed by atoms with E-state index in [0.29, 0.717) is 0 Å². The average Bonchev–Trinajstić information content (AvgIpc) is 2.99. The first kappa shape index (κ1) is 11.1. The summed E-state index contributed by atoms with van der Waals surface area (Å²) in [5, 5.41) is 0. The second-order valence-electron chi connectivity index (χ2n) is 4.94. The predicted molar refractivity (Wildman–Crippen MR) is 74.1 cm³/mol. The van der Waals surface area contributed by atoms with Gasteiger partial charge in [0.25, 0.3) is 0 Å². The van der Waals surface area contributed by atoms with Gasteiger partial charge in [0.1, 0.15) is 0 Å². The van der Waals surface area contributed by atoms with Gasteiger partial charge in [0.2, 0.25) is 0 Å². The van der Waals surface area contributed by atoms with Crippen molar-refractivity contribution in [1.29, 1.82) is 0 Å². The Bertz CT molecular complexity index is 531. The highest BCUT2D eigenvalue weighted by atomic mass is 15.2. The largest absolute Gasteiger partial charge is 0.378 e. The normalized spacial score (nSPS) is 13.8. The van der Waals surface area contributed by atoms with E-state index < -0.39 is 0 Å². The first-order chi connectivity index (χ1) is 8.74. The summed E-state index contributed by atoms with van der Waals surface area (Å²) in [7, 11) is 4.16. The maximum atomic E-state index is 4.30. The molecule has 0 amide bonds. The zero-order valence-corrected chi connectivity index (χ0v) is 10.8. The number of nitrogens with zero attached hydrogens (tertiary/aromatic N) is 3. The molecular formula is C14H18N4. The molecule has 1 N–H and O–H groups in total. The van der Waals surface area contributed by atoms with E-state index in [1.807, 2.05) is 6.20 Å². The number of fused-ring (bicyclic) bond motifs is 1. The molecule has 4 heteroatoms. The maximum absolute atomic E-state index is 4.30. The molecule has 1 aromatic heterocycles. The zero-order chi connectivity index (χ0) is 12.5. The second kappa shape index (κ2) is 4.37. The lowest BCUT2D eigenvalue weighted by Crippen LogP contribution is -2.20. The van der Waals surface area contributed by atoms with E-state index >= 15 is 0 Å². The molecule has 4 nitrogen and oxygen atoms in total.